The Morgan fingerprint density at radius 3 is 2.62 bits per heavy atom. The van der Waals surface area contributed by atoms with Crippen molar-refractivity contribution in [2.75, 3.05) is 26.8 Å². The van der Waals surface area contributed by atoms with Gasteiger partial charge in [0.05, 0.1) is 19.8 Å². The van der Waals surface area contributed by atoms with E-state index in [4.69, 9.17) is 9.47 Å². The van der Waals surface area contributed by atoms with Gasteiger partial charge in [-0.1, -0.05) is 55.0 Å². The largest absolute Gasteiger partial charge is 0.496 e. The van der Waals surface area contributed by atoms with Gasteiger partial charge in [-0.2, -0.15) is 0 Å². The minimum absolute atomic E-state index is 0.0757. The Labute approximate surface area is 193 Å². The van der Waals surface area contributed by atoms with Gasteiger partial charge in [0.2, 0.25) is 0 Å². The Morgan fingerprint density at radius 2 is 1.84 bits per heavy atom. The highest BCUT2D eigenvalue weighted by molar-refractivity contribution is 5.69. The zero-order chi connectivity index (χ0) is 22.6. The molecule has 1 aliphatic heterocycles. The number of carbonyl (C=O) groups is 1. The van der Waals surface area contributed by atoms with Crippen LogP contribution >= 0.6 is 0 Å². The minimum atomic E-state index is -0.0757. The van der Waals surface area contributed by atoms with E-state index in [9.17, 15) is 4.79 Å². The molecular formula is C27H38N2O3. The maximum absolute atomic E-state index is 11.6. The molecule has 1 saturated heterocycles. The summed E-state index contributed by atoms with van der Waals surface area (Å²) in [6.07, 6.45) is 5.93. The first-order valence-electron chi connectivity index (χ1n) is 12.0. The summed E-state index contributed by atoms with van der Waals surface area (Å²) in [6, 6.07) is 19.8. The Kier molecular flexibility index (Phi) is 10.0. The van der Waals surface area contributed by atoms with E-state index in [1.807, 2.05) is 19.1 Å². The zero-order valence-electron chi connectivity index (χ0n) is 19.6. The van der Waals surface area contributed by atoms with E-state index < -0.39 is 0 Å². The maximum atomic E-state index is 11.6. The molecule has 5 nitrogen and oxygen atoms in total. The van der Waals surface area contributed by atoms with Gasteiger partial charge >= 0.3 is 5.97 Å². The third-order valence-corrected chi connectivity index (χ3v) is 6.25. The quantitative estimate of drug-likeness (QED) is 0.368. The number of hydrogen-bond acceptors (Lipinski definition) is 5. The SMILES string of the molecule is CCOC(=O)CCCCCN1CCC[C@H](NCc2ccccc2OC)[C@@H]1c1ccccc1. The van der Waals surface area contributed by atoms with Crippen LogP contribution < -0.4 is 10.1 Å². The van der Waals surface area contributed by atoms with Crippen LogP contribution in [0.4, 0.5) is 0 Å². The number of unbranched alkanes of at least 4 members (excludes halogenated alkanes) is 2. The molecule has 2 aromatic rings. The summed E-state index contributed by atoms with van der Waals surface area (Å²) in [5.41, 5.74) is 2.56. The van der Waals surface area contributed by atoms with Crippen LogP contribution in [0.3, 0.4) is 0 Å². The molecule has 3 rings (SSSR count). The molecule has 0 radical (unpaired) electrons. The monoisotopic (exact) mass is 438 g/mol. The van der Waals surface area contributed by atoms with Gasteiger partial charge in [-0.05, 0) is 57.3 Å². The molecule has 5 heteroatoms. The average molecular weight is 439 g/mol. The van der Waals surface area contributed by atoms with E-state index in [2.05, 4.69) is 52.7 Å². The molecule has 0 unspecified atom stereocenters. The number of ether oxygens (including phenoxy) is 2. The molecule has 0 amide bonds. The number of methoxy groups -OCH3 is 1. The summed E-state index contributed by atoms with van der Waals surface area (Å²) < 4.78 is 10.6. The molecule has 1 fully saturated rings. The van der Waals surface area contributed by atoms with Crippen molar-refractivity contribution in [2.45, 2.75) is 64.1 Å². The number of para-hydroxylation sites is 1. The Bertz CT molecular complexity index is 812. The summed E-state index contributed by atoms with van der Waals surface area (Å²) in [5, 5.41) is 3.84. The highest BCUT2D eigenvalue weighted by atomic mass is 16.5. The number of piperidine rings is 1. The van der Waals surface area contributed by atoms with Gasteiger partial charge in [-0.25, -0.2) is 0 Å². The Hall–Kier alpha value is -2.37. The van der Waals surface area contributed by atoms with Crippen molar-refractivity contribution in [3.8, 4) is 5.75 Å². The van der Waals surface area contributed by atoms with Crippen LogP contribution in [-0.2, 0) is 16.1 Å². The van der Waals surface area contributed by atoms with E-state index in [0.717, 1.165) is 51.1 Å². The summed E-state index contributed by atoms with van der Waals surface area (Å²) >= 11 is 0. The van der Waals surface area contributed by atoms with Crippen LogP contribution in [0.25, 0.3) is 0 Å². The normalized spacial score (nSPS) is 18.9. The van der Waals surface area contributed by atoms with Crippen molar-refractivity contribution in [2.24, 2.45) is 0 Å². The van der Waals surface area contributed by atoms with Crippen LogP contribution in [0.2, 0.25) is 0 Å². The van der Waals surface area contributed by atoms with E-state index in [1.54, 1.807) is 7.11 Å². The molecule has 1 N–H and O–H groups in total. The molecule has 32 heavy (non-hydrogen) atoms. The second-order valence-electron chi connectivity index (χ2n) is 8.45. The molecule has 0 aromatic heterocycles. The fourth-order valence-corrected chi connectivity index (χ4v) is 4.71. The van der Waals surface area contributed by atoms with Crippen LogP contribution in [-0.4, -0.2) is 43.7 Å². The number of rotatable bonds is 12. The first-order valence-corrected chi connectivity index (χ1v) is 12.0. The first-order chi connectivity index (χ1) is 15.7. The molecule has 0 saturated carbocycles. The number of benzene rings is 2. The van der Waals surface area contributed by atoms with Crippen molar-refractivity contribution in [3.05, 3.63) is 65.7 Å². The molecule has 174 valence electrons. The molecular weight excluding hydrogens is 400 g/mol. The number of nitrogens with zero attached hydrogens (tertiary/aromatic N) is 1. The summed E-state index contributed by atoms with van der Waals surface area (Å²) in [5.74, 6) is 0.860. The van der Waals surface area contributed by atoms with Gasteiger partial charge < -0.3 is 14.8 Å². The number of hydrogen-bond donors (Lipinski definition) is 1. The van der Waals surface area contributed by atoms with Crippen LogP contribution in [0.15, 0.2) is 54.6 Å². The van der Waals surface area contributed by atoms with Crippen molar-refractivity contribution < 1.29 is 14.3 Å². The zero-order valence-corrected chi connectivity index (χ0v) is 19.6. The third-order valence-electron chi connectivity index (χ3n) is 6.25. The number of likely N-dealkylation sites (tertiary alicyclic amines) is 1. The smallest absolute Gasteiger partial charge is 0.305 e. The lowest BCUT2D eigenvalue weighted by Crippen LogP contribution is -2.48. The van der Waals surface area contributed by atoms with Gasteiger partial charge in [0, 0.05) is 24.6 Å². The average Bonchev–Trinajstić information content (AvgIpc) is 2.83. The fourth-order valence-electron chi connectivity index (χ4n) is 4.71. The molecule has 1 aliphatic rings. The highest BCUT2D eigenvalue weighted by Gasteiger charge is 2.32. The molecule has 2 aromatic carbocycles. The van der Waals surface area contributed by atoms with Gasteiger partial charge in [0.1, 0.15) is 5.75 Å². The van der Waals surface area contributed by atoms with Crippen molar-refractivity contribution >= 4 is 5.97 Å². The lowest BCUT2D eigenvalue weighted by Gasteiger charge is -2.42. The van der Waals surface area contributed by atoms with Crippen LogP contribution in [0.5, 0.6) is 5.75 Å². The predicted octanol–water partition coefficient (Wildman–Crippen LogP) is 5.11. The number of esters is 1. The number of carbonyl (C=O) groups excluding carboxylic acids is 1. The standard InChI is InChI=1S/C27H38N2O3/c1-3-32-26(30)18-8-5-11-19-29-20-12-16-24(27(29)22-13-6-4-7-14-22)28-21-23-15-9-10-17-25(23)31-2/h4,6-7,9-10,13-15,17,24,27-28H,3,5,8,11-12,16,18-21H2,1-2H3/t24-,27-/m0/s1. The molecule has 0 spiro atoms. The summed E-state index contributed by atoms with van der Waals surface area (Å²) in [7, 11) is 1.73. The third kappa shape index (κ3) is 7.07. The number of nitrogens with one attached hydrogen (secondary N) is 1. The highest BCUT2D eigenvalue weighted by Crippen LogP contribution is 2.32. The topological polar surface area (TPSA) is 50.8 Å². The molecule has 2 atom stereocenters. The molecule has 0 bridgehead atoms. The second-order valence-corrected chi connectivity index (χ2v) is 8.45. The van der Waals surface area contributed by atoms with E-state index in [1.165, 1.54) is 17.5 Å². The lowest BCUT2D eigenvalue weighted by atomic mass is 9.89. The van der Waals surface area contributed by atoms with E-state index >= 15 is 0 Å². The van der Waals surface area contributed by atoms with Gasteiger partial charge in [-0.3, -0.25) is 9.69 Å². The van der Waals surface area contributed by atoms with Crippen LogP contribution in [0, 0.1) is 0 Å². The molecule has 1 heterocycles. The fraction of sp³-hybridized carbons (Fsp3) is 0.519. The van der Waals surface area contributed by atoms with Gasteiger partial charge in [-0.15, -0.1) is 0 Å². The van der Waals surface area contributed by atoms with Gasteiger partial charge in [0.15, 0.2) is 0 Å². The Balaban J connectivity index is 1.61. The first kappa shape index (κ1) is 24.3. The second kappa shape index (κ2) is 13.2. The summed E-state index contributed by atoms with van der Waals surface area (Å²) in [6.45, 7) is 5.29. The van der Waals surface area contributed by atoms with E-state index in [0.29, 0.717) is 25.1 Å². The molecule has 0 aliphatic carbocycles. The lowest BCUT2D eigenvalue weighted by molar-refractivity contribution is -0.143. The van der Waals surface area contributed by atoms with Crippen LogP contribution in [0.1, 0.15) is 62.6 Å². The van der Waals surface area contributed by atoms with Crippen molar-refractivity contribution in [3.63, 3.8) is 0 Å². The van der Waals surface area contributed by atoms with Gasteiger partial charge in [0.25, 0.3) is 0 Å². The predicted molar refractivity (Wildman–Crippen MR) is 129 cm³/mol. The van der Waals surface area contributed by atoms with Crippen molar-refractivity contribution in [1.29, 1.82) is 0 Å². The van der Waals surface area contributed by atoms with E-state index in [-0.39, 0.29) is 5.97 Å². The minimum Gasteiger partial charge on any atom is -0.496 e. The maximum Gasteiger partial charge on any atom is 0.305 e. The van der Waals surface area contributed by atoms with Crippen molar-refractivity contribution in [1.82, 2.24) is 10.2 Å². The summed E-state index contributed by atoms with van der Waals surface area (Å²) in [4.78, 5) is 14.2. The Morgan fingerprint density at radius 1 is 1.06 bits per heavy atom.